The Hall–Kier alpha value is -1.89. The normalized spacial score (nSPS) is 18.4. The van der Waals surface area contributed by atoms with Crippen LogP contribution in [0.5, 0.6) is 0 Å². The fourth-order valence-electron chi connectivity index (χ4n) is 3.79. The van der Waals surface area contributed by atoms with Gasteiger partial charge in [0.2, 0.25) is 0 Å². The molecule has 0 spiro atoms. The molecule has 1 aromatic heterocycles. The molecule has 1 amide bonds. The van der Waals surface area contributed by atoms with Gasteiger partial charge in [0, 0.05) is 43.6 Å². The van der Waals surface area contributed by atoms with E-state index in [0.717, 1.165) is 32.6 Å². The Kier molecular flexibility index (Phi) is 5.89. The molecular formula is C21H32N4O2. The molecule has 1 fully saturated rings. The molecule has 148 valence electrons. The lowest BCUT2D eigenvalue weighted by atomic mass is 10.0. The summed E-state index contributed by atoms with van der Waals surface area (Å²) in [4.78, 5) is 19.8. The Labute approximate surface area is 161 Å². The zero-order chi connectivity index (χ0) is 19.6. The maximum absolute atomic E-state index is 12.3. The van der Waals surface area contributed by atoms with Crippen molar-refractivity contribution in [3.8, 4) is 0 Å². The third kappa shape index (κ3) is 4.89. The second kappa shape index (κ2) is 8.00. The quantitative estimate of drug-likeness (QED) is 0.680. The summed E-state index contributed by atoms with van der Waals surface area (Å²) in [5.41, 5.74) is 2.31. The number of amides is 1. The van der Waals surface area contributed by atoms with E-state index in [9.17, 15) is 9.90 Å². The number of benzene rings is 1. The first-order valence-corrected chi connectivity index (χ1v) is 9.75. The highest BCUT2D eigenvalue weighted by Gasteiger charge is 2.33. The first-order valence-electron chi connectivity index (χ1n) is 9.75. The lowest BCUT2D eigenvalue weighted by Gasteiger charge is -2.39. The van der Waals surface area contributed by atoms with E-state index in [4.69, 9.17) is 0 Å². The molecular weight excluding hydrogens is 340 g/mol. The number of fused-ring (bicyclic) bond motifs is 1. The molecule has 6 heteroatoms. The zero-order valence-electron chi connectivity index (χ0n) is 16.9. The van der Waals surface area contributed by atoms with Gasteiger partial charge in [-0.15, -0.1) is 0 Å². The first-order chi connectivity index (χ1) is 12.7. The smallest absolute Gasteiger partial charge is 0.254 e. The maximum atomic E-state index is 12.3. The average molecular weight is 373 g/mol. The van der Waals surface area contributed by atoms with Crippen LogP contribution in [0.25, 0.3) is 10.9 Å². The summed E-state index contributed by atoms with van der Waals surface area (Å²) in [7, 11) is 2.09. The zero-order valence-corrected chi connectivity index (χ0v) is 16.9. The predicted octanol–water partition coefficient (Wildman–Crippen LogP) is 2.22. The number of nitrogens with zero attached hydrogens (tertiary/aromatic N) is 2. The first kappa shape index (κ1) is 19.9. The van der Waals surface area contributed by atoms with E-state index in [-0.39, 0.29) is 5.91 Å². The number of aliphatic hydroxyl groups is 1. The molecule has 1 aliphatic heterocycles. The minimum atomic E-state index is -1.30. The van der Waals surface area contributed by atoms with Crippen LogP contribution in [-0.2, 0) is 11.3 Å². The summed E-state index contributed by atoms with van der Waals surface area (Å²) in [6, 6.07) is 8.93. The number of aromatic amines is 1. The monoisotopic (exact) mass is 372 g/mol. The summed E-state index contributed by atoms with van der Waals surface area (Å²) in [6.07, 6.45) is 2.04. The van der Waals surface area contributed by atoms with E-state index >= 15 is 0 Å². The molecule has 1 aliphatic rings. The van der Waals surface area contributed by atoms with Crippen molar-refractivity contribution in [3.63, 3.8) is 0 Å². The van der Waals surface area contributed by atoms with Crippen molar-refractivity contribution in [1.82, 2.24) is 20.1 Å². The third-order valence-electron chi connectivity index (χ3n) is 5.34. The van der Waals surface area contributed by atoms with Crippen LogP contribution in [0.3, 0.4) is 0 Å². The summed E-state index contributed by atoms with van der Waals surface area (Å²) < 4.78 is 0. The van der Waals surface area contributed by atoms with Crippen molar-refractivity contribution in [2.75, 3.05) is 26.8 Å². The third-order valence-corrected chi connectivity index (χ3v) is 5.34. The highest BCUT2D eigenvalue weighted by atomic mass is 16.3. The number of H-pyrrole nitrogens is 1. The fourth-order valence-corrected chi connectivity index (χ4v) is 3.79. The summed E-state index contributed by atoms with van der Waals surface area (Å²) in [5, 5.41) is 14.7. The highest BCUT2D eigenvalue weighted by molar-refractivity contribution is 5.84. The Balaban J connectivity index is 1.51. The van der Waals surface area contributed by atoms with Gasteiger partial charge in [-0.1, -0.05) is 11.6 Å². The van der Waals surface area contributed by atoms with Gasteiger partial charge in [-0.25, -0.2) is 0 Å². The van der Waals surface area contributed by atoms with E-state index in [1.165, 1.54) is 22.2 Å². The fraction of sp³-hybridized carbons (Fsp3) is 0.571. The van der Waals surface area contributed by atoms with Gasteiger partial charge in [0.15, 0.2) is 0 Å². The van der Waals surface area contributed by atoms with Gasteiger partial charge in [-0.05, 0) is 64.2 Å². The molecule has 0 aliphatic carbocycles. The molecule has 1 aromatic carbocycles. The van der Waals surface area contributed by atoms with E-state index < -0.39 is 5.60 Å². The van der Waals surface area contributed by atoms with Crippen LogP contribution in [0.4, 0.5) is 0 Å². The molecule has 0 bridgehead atoms. The van der Waals surface area contributed by atoms with Crippen molar-refractivity contribution in [3.05, 3.63) is 35.5 Å². The standard InChI is InChI=1S/C21H32N4O2/c1-15-7-8-19-16(10-15)11-17(23-19)12-22-14-24(4)18-6-5-9-25(13-18)20(26)21(2,3)27/h7-8,10-11,18,22-23,27H,5-6,9,12-14H2,1-4H3/t18-/m1/s1. The number of aromatic nitrogens is 1. The predicted molar refractivity (Wildman–Crippen MR) is 108 cm³/mol. The largest absolute Gasteiger partial charge is 0.381 e. The van der Waals surface area contributed by atoms with Crippen molar-refractivity contribution < 1.29 is 9.90 Å². The number of piperidine rings is 1. The van der Waals surface area contributed by atoms with Crippen LogP contribution in [-0.4, -0.2) is 64.2 Å². The van der Waals surface area contributed by atoms with Crippen LogP contribution < -0.4 is 5.32 Å². The van der Waals surface area contributed by atoms with Crippen molar-refractivity contribution in [1.29, 1.82) is 0 Å². The second-order valence-electron chi connectivity index (χ2n) is 8.33. The van der Waals surface area contributed by atoms with Gasteiger partial charge in [-0.3, -0.25) is 15.0 Å². The number of carbonyl (C=O) groups excluding carboxylic acids is 1. The van der Waals surface area contributed by atoms with Crippen molar-refractivity contribution >= 4 is 16.8 Å². The lowest BCUT2D eigenvalue weighted by molar-refractivity contribution is -0.150. The topological polar surface area (TPSA) is 71.6 Å². The van der Waals surface area contributed by atoms with Gasteiger partial charge < -0.3 is 15.0 Å². The summed E-state index contributed by atoms with van der Waals surface area (Å²) in [6.45, 7) is 8.16. The molecule has 3 N–H and O–H groups in total. The molecule has 2 aromatic rings. The number of rotatable bonds is 6. The van der Waals surface area contributed by atoms with Gasteiger partial charge >= 0.3 is 0 Å². The molecule has 0 unspecified atom stereocenters. The van der Waals surface area contributed by atoms with Gasteiger partial charge in [0.1, 0.15) is 5.60 Å². The average Bonchev–Trinajstić information content (AvgIpc) is 3.02. The van der Waals surface area contributed by atoms with Crippen LogP contribution >= 0.6 is 0 Å². The highest BCUT2D eigenvalue weighted by Crippen LogP contribution is 2.19. The molecule has 6 nitrogen and oxygen atoms in total. The number of hydrogen-bond donors (Lipinski definition) is 3. The van der Waals surface area contributed by atoms with E-state index in [0.29, 0.717) is 12.6 Å². The van der Waals surface area contributed by atoms with E-state index in [1.807, 2.05) is 0 Å². The molecule has 0 radical (unpaired) electrons. The van der Waals surface area contributed by atoms with Gasteiger partial charge in [0.25, 0.3) is 5.91 Å². The lowest BCUT2D eigenvalue weighted by Crippen LogP contribution is -2.54. The number of likely N-dealkylation sites (tertiary alicyclic amines) is 1. The van der Waals surface area contributed by atoms with Gasteiger partial charge in [-0.2, -0.15) is 0 Å². The Morgan fingerprint density at radius 3 is 2.93 bits per heavy atom. The summed E-state index contributed by atoms with van der Waals surface area (Å²) >= 11 is 0. The van der Waals surface area contributed by atoms with Crippen molar-refractivity contribution in [2.24, 2.45) is 0 Å². The van der Waals surface area contributed by atoms with Crippen LogP contribution in [0.2, 0.25) is 0 Å². The number of hydrogen-bond acceptors (Lipinski definition) is 4. The Bertz CT molecular complexity index is 793. The van der Waals surface area contributed by atoms with Crippen LogP contribution in [0.1, 0.15) is 37.9 Å². The van der Waals surface area contributed by atoms with E-state index in [2.05, 4.69) is 53.4 Å². The van der Waals surface area contributed by atoms with E-state index in [1.54, 1.807) is 18.7 Å². The minimum Gasteiger partial charge on any atom is -0.381 e. The van der Waals surface area contributed by atoms with Crippen LogP contribution in [0.15, 0.2) is 24.3 Å². The molecule has 0 saturated carbocycles. The number of carbonyl (C=O) groups is 1. The Morgan fingerprint density at radius 1 is 1.41 bits per heavy atom. The molecule has 27 heavy (non-hydrogen) atoms. The second-order valence-corrected chi connectivity index (χ2v) is 8.33. The molecule has 1 atom stereocenters. The summed E-state index contributed by atoms with van der Waals surface area (Å²) in [5.74, 6) is -0.179. The molecule has 3 rings (SSSR count). The van der Waals surface area contributed by atoms with Crippen molar-refractivity contribution in [2.45, 2.75) is 51.8 Å². The SMILES string of the molecule is Cc1ccc2[nH]c(CNCN(C)[C@@H]3CCCN(C(=O)C(C)(C)O)C3)cc2c1. The number of aryl methyl sites for hydroxylation is 1. The maximum Gasteiger partial charge on any atom is 0.254 e. The van der Waals surface area contributed by atoms with Crippen LogP contribution in [0, 0.1) is 6.92 Å². The van der Waals surface area contributed by atoms with Gasteiger partial charge in [0.05, 0.1) is 0 Å². The molecule has 1 saturated heterocycles. The Morgan fingerprint density at radius 2 is 2.19 bits per heavy atom. The number of nitrogens with one attached hydrogen (secondary N) is 2. The number of likely N-dealkylation sites (N-methyl/N-ethyl adjacent to an activating group) is 1. The minimum absolute atomic E-state index is 0.179. The molecule has 2 heterocycles.